The molecule has 1 atom stereocenters. The highest BCUT2D eigenvalue weighted by Crippen LogP contribution is 2.24. The van der Waals surface area contributed by atoms with Crippen LogP contribution < -0.4 is 4.74 Å². The van der Waals surface area contributed by atoms with E-state index in [1.807, 2.05) is 18.2 Å². The van der Waals surface area contributed by atoms with Gasteiger partial charge < -0.3 is 19.5 Å². The number of carboxylic acid groups (broad SMARTS) is 1. The largest absolute Gasteiger partial charge is 0.496 e. The lowest BCUT2D eigenvalue weighted by molar-refractivity contribution is -0.147. The molecule has 7 heteroatoms. The van der Waals surface area contributed by atoms with Gasteiger partial charge in [-0.3, -0.25) is 9.59 Å². The molecule has 0 bridgehead atoms. The highest BCUT2D eigenvalue weighted by molar-refractivity contribution is 9.10. The van der Waals surface area contributed by atoms with Crippen LogP contribution in [0.2, 0.25) is 0 Å². The number of amides is 1. The summed E-state index contributed by atoms with van der Waals surface area (Å²) in [5.74, 6) is -0.152. The summed E-state index contributed by atoms with van der Waals surface area (Å²) in [6, 6.07) is 5.70. The molecule has 0 saturated carbocycles. The van der Waals surface area contributed by atoms with Crippen molar-refractivity contribution in [1.29, 1.82) is 0 Å². The molecule has 1 aliphatic rings. The number of nitrogens with zero attached hydrogens (tertiary/aromatic N) is 1. The van der Waals surface area contributed by atoms with Crippen molar-refractivity contribution in [2.45, 2.75) is 25.4 Å². The predicted octanol–water partition coefficient (Wildman–Crippen LogP) is 2.09. The molecule has 1 aromatic carbocycles. The van der Waals surface area contributed by atoms with Crippen LogP contribution in [0.1, 0.15) is 18.4 Å². The van der Waals surface area contributed by atoms with Crippen LogP contribution in [0, 0.1) is 0 Å². The SMILES string of the molecule is COc1ccc(Br)cc1CCC(=O)N1CCOC(CC(=O)O)C1. The van der Waals surface area contributed by atoms with Gasteiger partial charge in [0.05, 0.1) is 26.2 Å². The predicted molar refractivity (Wildman–Crippen MR) is 87.6 cm³/mol. The lowest BCUT2D eigenvalue weighted by Crippen LogP contribution is -2.46. The van der Waals surface area contributed by atoms with Crippen molar-refractivity contribution in [3.8, 4) is 5.75 Å². The van der Waals surface area contributed by atoms with E-state index in [0.29, 0.717) is 32.5 Å². The number of methoxy groups -OCH3 is 1. The Kier molecular flexibility index (Phi) is 6.41. The standard InChI is InChI=1S/C16H20BrNO5/c1-22-14-4-3-12(17)8-11(14)2-5-15(19)18-6-7-23-13(10-18)9-16(20)21/h3-4,8,13H,2,5-7,9-10H2,1H3,(H,20,21). The number of morpholine rings is 1. The van der Waals surface area contributed by atoms with Gasteiger partial charge in [-0.25, -0.2) is 0 Å². The molecule has 1 aromatic rings. The number of benzene rings is 1. The first kappa shape index (κ1) is 17.7. The number of aliphatic carboxylic acids is 1. The van der Waals surface area contributed by atoms with Gasteiger partial charge in [0, 0.05) is 24.0 Å². The monoisotopic (exact) mass is 385 g/mol. The minimum absolute atomic E-state index is 0.00529. The zero-order chi connectivity index (χ0) is 16.8. The zero-order valence-electron chi connectivity index (χ0n) is 13.0. The molecule has 6 nitrogen and oxygen atoms in total. The van der Waals surface area contributed by atoms with Gasteiger partial charge in [0.1, 0.15) is 5.75 Å². The summed E-state index contributed by atoms with van der Waals surface area (Å²) in [4.78, 5) is 24.8. The Balaban J connectivity index is 1.91. The molecule has 0 radical (unpaired) electrons. The van der Waals surface area contributed by atoms with Gasteiger partial charge in [-0.1, -0.05) is 15.9 Å². The minimum atomic E-state index is -0.914. The van der Waals surface area contributed by atoms with E-state index < -0.39 is 12.1 Å². The maximum atomic E-state index is 12.4. The molecule has 0 spiro atoms. The van der Waals surface area contributed by atoms with Crippen LogP contribution >= 0.6 is 15.9 Å². The number of ether oxygens (including phenoxy) is 2. The quantitative estimate of drug-likeness (QED) is 0.811. The van der Waals surface area contributed by atoms with E-state index in [1.165, 1.54) is 0 Å². The fraction of sp³-hybridized carbons (Fsp3) is 0.500. The van der Waals surface area contributed by atoms with Crippen molar-refractivity contribution in [3.05, 3.63) is 28.2 Å². The fourth-order valence-corrected chi connectivity index (χ4v) is 3.01. The van der Waals surface area contributed by atoms with E-state index in [0.717, 1.165) is 15.8 Å². The maximum Gasteiger partial charge on any atom is 0.306 e. The molecule has 1 unspecified atom stereocenters. The third-order valence-corrected chi connectivity index (χ3v) is 4.24. The lowest BCUT2D eigenvalue weighted by atomic mass is 10.1. The Hall–Kier alpha value is -1.60. The van der Waals surface area contributed by atoms with Crippen LogP contribution in [0.25, 0.3) is 0 Å². The topological polar surface area (TPSA) is 76.1 Å². The van der Waals surface area contributed by atoms with E-state index in [4.69, 9.17) is 14.6 Å². The van der Waals surface area contributed by atoms with Gasteiger partial charge in [0.25, 0.3) is 0 Å². The molecule has 1 amide bonds. The molecule has 2 rings (SSSR count). The molecule has 1 fully saturated rings. The van der Waals surface area contributed by atoms with Crippen LogP contribution in [0.5, 0.6) is 5.75 Å². The van der Waals surface area contributed by atoms with Crippen molar-refractivity contribution >= 4 is 27.8 Å². The van der Waals surface area contributed by atoms with Crippen molar-refractivity contribution in [2.75, 3.05) is 26.8 Å². The van der Waals surface area contributed by atoms with Crippen molar-refractivity contribution in [2.24, 2.45) is 0 Å². The maximum absolute atomic E-state index is 12.4. The molecule has 1 N–H and O–H groups in total. The van der Waals surface area contributed by atoms with Crippen LogP contribution in [0.4, 0.5) is 0 Å². The fourth-order valence-electron chi connectivity index (χ4n) is 2.61. The molecule has 1 heterocycles. The Morgan fingerprint density at radius 3 is 2.96 bits per heavy atom. The van der Waals surface area contributed by atoms with E-state index in [-0.39, 0.29) is 12.3 Å². The summed E-state index contributed by atoms with van der Waals surface area (Å²) < 4.78 is 11.6. The van der Waals surface area contributed by atoms with Crippen molar-refractivity contribution in [1.82, 2.24) is 4.90 Å². The Labute approximate surface area is 143 Å². The van der Waals surface area contributed by atoms with Gasteiger partial charge in [-0.05, 0) is 30.2 Å². The summed E-state index contributed by atoms with van der Waals surface area (Å²) in [5.41, 5.74) is 0.963. The van der Waals surface area contributed by atoms with Crippen LogP contribution in [0.3, 0.4) is 0 Å². The molecular formula is C16H20BrNO5. The normalized spacial score (nSPS) is 17.8. The first-order valence-corrected chi connectivity index (χ1v) is 8.22. The Bertz CT molecular complexity index is 578. The van der Waals surface area contributed by atoms with Gasteiger partial charge in [0.2, 0.25) is 5.91 Å². The first-order valence-electron chi connectivity index (χ1n) is 7.43. The summed E-state index contributed by atoms with van der Waals surface area (Å²) in [6.45, 7) is 1.22. The number of hydrogen-bond donors (Lipinski definition) is 1. The highest BCUT2D eigenvalue weighted by atomic mass is 79.9. The third kappa shape index (κ3) is 5.21. The second-order valence-electron chi connectivity index (χ2n) is 5.39. The number of carboxylic acids is 1. The number of rotatable bonds is 6. The Morgan fingerprint density at radius 2 is 2.26 bits per heavy atom. The second kappa shape index (κ2) is 8.31. The number of carbonyl (C=O) groups excluding carboxylic acids is 1. The molecule has 126 valence electrons. The number of hydrogen-bond acceptors (Lipinski definition) is 4. The average Bonchev–Trinajstić information content (AvgIpc) is 2.52. The van der Waals surface area contributed by atoms with Gasteiger partial charge in [-0.2, -0.15) is 0 Å². The summed E-state index contributed by atoms with van der Waals surface area (Å²) in [5, 5.41) is 8.82. The van der Waals surface area contributed by atoms with Crippen LogP contribution in [-0.4, -0.2) is 54.8 Å². The molecule has 0 aliphatic carbocycles. The molecule has 0 aromatic heterocycles. The second-order valence-corrected chi connectivity index (χ2v) is 6.30. The van der Waals surface area contributed by atoms with Gasteiger partial charge in [-0.15, -0.1) is 0 Å². The Morgan fingerprint density at radius 1 is 1.48 bits per heavy atom. The lowest BCUT2D eigenvalue weighted by Gasteiger charge is -2.32. The third-order valence-electron chi connectivity index (χ3n) is 3.74. The van der Waals surface area contributed by atoms with E-state index in [2.05, 4.69) is 15.9 Å². The highest BCUT2D eigenvalue weighted by Gasteiger charge is 2.25. The smallest absolute Gasteiger partial charge is 0.306 e. The van der Waals surface area contributed by atoms with Gasteiger partial charge in [0.15, 0.2) is 0 Å². The molecule has 1 saturated heterocycles. The van der Waals surface area contributed by atoms with Crippen LogP contribution in [-0.2, 0) is 20.7 Å². The number of carbonyl (C=O) groups is 2. The number of aryl methyl sites for hydroxylation is 1. The average molecular weight is 386 g/mol. The zero-order valence-corrected chi connectivity index (χ0v) is 14.5. The number of halogens is 1. The molecule has 1 aliphatic heterocycles. The summed E-state index contributed by atoms with van der Waals surface area (Å²) >= 11 is 3.42. The van der Waals surface area contributed by atoms with Crippen molar-refractivity contribution < 1.29 is 24.2 Å². The van der Waals surface area contributed by atoms with E-state index in [9.17, 15) is 9.59 Å². The van der Waals surface area contributed by atoms with Crippen molar-refractivity contribution in [3.63, 3.8) is 0 Å². The minimum Gasteiger partial charge on any atom is -0.496 e. The van der Waals surface area contributed by atoms with Gasteiger partial charge >= 0.3 is 5.97 Å². The summed E-state index contributed by atoms with van der Waals surface area (Å²) in [6.07, 6.45) is 0.420. The van der Waals surface area contributed by atoms with E-state index in [1.54, 1.807) is 12.0 Å². The van der Waals surface area contributed by atoms with E-state index >= 15 is 0 Å². The summed E-state index contributed by atoms with van der Waals surface area (Å²) in [7, 11) is 1.60. The van der Waals surface area contributed by atoms with Crippen LogP contribution in [0.15, 0.2) is 22.7 Å². The first-order chi connectivity index (χ1) is 11.0. The molecular weight excluding hydrogens is 366 g/mol. The molecule has 23 heavy (non-hydrogen) atoms.